The van der Waals surface area contributed by atoms with E-state index >= 15 is 0 Å². The number of ether oxygens (including phenoxy) is 2. The van der Waals surface area contributed by atoms with Crippen LogP contribution in [0.25, 0.3) is 0 Å². The third kappa shape index (κ3) is 2.15. The zero-order valence-electron chi connectivity index (χ0n) is 11.5. The summed E-state index contributed by atoms with van der Waals surface area (Å²) in [6, 6.07) is 0.138. The van der Waals surface area contributed by atoms with Crippen LogP contribution >= 0.6 is 0 Å². The SMILES string of the molecule is CC1(C)O[C@@H]2C(=O)[C@H](O1)[C@H](c1ccoc1)[C@@H]([N+](=O)[O-])[C@@H]2O. The summed E-state index contributed by atoms with van der Waals surface area (Å²) in [6.45, 7) is 3.20. The van der Waals surface area contributed by atoms with Crippen LogP contribution in [-0.2, 0) is 14.3 Å². The number of ketones is 1. The van der Waals surface area contributed by atoms with Crippen molar-refractivity contribution in [2.75, 3.05) is 0 Å². The van der Waals surface area contributed by atoms with E-state index in [2.05, 4.69) is 0 Å². The van der Waals surface area contributed by atoms with Crippen molar-refractivity contribution in [3.8, 4) is 0 Å². The molecule has 2 bridgehead atoms. The lowest BCUT2D eigenvalue weighted by atomic mass is 9.74. The molecule has 2 fully saturated rings. The van der Waals surface area contributed by atoms with Crippen molar-refractivity contribution < 1.29 is 28.7 Å². The second kappa shape index (κ2) is 4.62. The van der Waals surface area contributed by atoms with Crippen molar-refractivity contribution in [2.24, 2.45) is 0 Å². The van der Waals surface area contributed by atoms with Crippen LogP contribution in [0.3, 0.4) is 0 Å². The second-order valence-electron chi connectivity index (χ2n) is 5.73. The molecule has 0 unspecified atom stereocenters. The van der Waals surface area contributed by atoms with Gasteiger partial charge in [-0.1, -0.05) is 0 Å². The number of carbonyl (C=O) groups is 1. The molecule has 1 aromatic rings. The second-order valence-corrected chi connectivity index (χ2v) is 5.73. The fourth-order valence-corrected chi connectivity index (χ4v) is 3.07. The zero-order valence-corrected chi connectivity index (χ0v) is 11.5. The van der Waals surface area contributed by atoms with Crippen LogP contribution in [-0.4, -0.2) is 46.0 Å². The van der Waals surface area contributed by atoms with Gasteiger partial charge in [0.05, 0.1) is 18.4 Å². The smallest absolute Gasteiger partial charge is 0.251 e. The van der Waals surface area contributed by atoms with E-state index in [1.165, 1.54) is 18.6 Å². The fourth-order valence-electron chi connectivity index (χ4n) is 3.07. The van der Waals surface area contributed by atoms with Crippen LogP contribution in [0.15, 0.2) is 23.0 Å². The molecule has 3 rings (SSSR count). The molecule has 1 N–H and O–H groups in total. The first-order valence-corrected chi connectivity index (χ1v) is 6.55. The maximum absolute atomic E-state index is 12.3. The third-order valence-corrected chi connectivity index (χ3v) is 3.91. The van der Waals surface area contributed by atoms with E-state index in [1.54, 1.807) is 13.8 Å². The Balaban J connectivity index is 2.09. The van der Waals surface area contributed by atoms with Crippen LogP contribution in [0.2, 0.25) is 0 Å². The van der Waals surface area contributed by atoms with Gasteiger partial charge in [-0.2, -0.15) is 0 Å². The molecule has 1 aliphatic carbocycles. The molecule has 114 valence electrons. The van der Waals surface area contributed by atoms with Crippen molar-refractivity contribution >= 4 is 5.78 Å². The molecule has 2 aliphatic rings. The molecule has 8 heteroatoms. The van der Waals surface area contributed by atoms with Gasteiger partial charge in [0.1, 0.15) is 6.10 Å². The molecule has 1 aromatic heterocycles. The van der Waals surface area contributed by atoms with Gasteiger partial charge in [0.25, 0.3) is 6.04 Å². The van der Waals surface area contributed by atoms with Gasteiger partial charge in [-0.3, -0.25) is 14.9 Å². The van der Waals surface area contributed by atoms with Gasteiger partial charge < -0.3 is 19.0 Å². The van der Waals surface area contributed by atoms with Gasteiger partial charge in [0.2, 0.25) is 0 Å². The van der Waals surface area contributed by atoms with E-state index in [-0.39, 0.29) is 0 Å². The summed E-state index contributed by atoms with van der Waals surface area (Å²) in [6.07, 6.45) is -1.15. The monoisotopic (exact) mass is 297 g/mol. The number of rotatable bonds is 2. The largest absolute Gasteiger partial charge is 0.472 e. The highest BCUT2D eigenvalue weighted by molar-refractivity contribution is 5.91. The Morgan fingerprint density at radius 2 is 2.00 bits per heavy atom. The summed E-state index contributed by atoms with van der Waals surface area (Å²) in [5, 5.41) is 21.6. The van der Waals surface area contributed by atoms with Gasteiger partial charge in [-0.05, 0) is 19.9 Å². The van der Waals surface area contributed by atoms with Gasteiger partial charge in [0.15, 0.2) is 23.8 Å². The first-order chi connectivity index (χ1) is 9.82. The van der Waals surface area contributed by atoms with Gasteiger partial charge in [-0.15, -0.1) is 0 Å². The normalized spacial score (nSPS) is 38.2. The van der Waals surface area contributed by atoms with Gasteiger partial charge >= 0.3 is 0 Å². The number of hydrogen-bond donors (Lipinski definition) is 1. The predicted octanol–water partition coefficient (Wildman–Crippen LogP) is 0.472. The fraction of sp³-hybridized carbons (Fsp3) is 0.615. The minimum Gasteiger partial charge on any atom is -0.472 e. The predicted molar refractivity (Wildman–Crippen MR) is 67.1 cm³/mol. The zero-order chi connectivity index (χ0) is 15.4. The highest BCUT2D eigenvalue weighted by Crippen LogP contribution is 2.42. The Kier molecular flexibility index (Phi) is 3.12. The molecule has 21 heavy (non-hydrogen) atoms. The standard InChI is InChI=1S/C13H15NO7/c1-13(2)20-11-7(6-3-4-19-5-6)8(14(17)18)9(15)12(21-13)10(11)16/h3-5,7-9,11-12,15H,1-2H3/t7-,8-,9+,11-,12+/m1/s1. The first-order valence-electron chi connectivity index (χ1n) is 6.55. The van der Waals surface area contributed by atoms with E-state index < -0.39 is 46.8 Å². The van der Waals surface area contributed by atoms with Crippen molar-refractivity contribution in [2.45, 2.75) is 49.9 Å². The lowest BCUT2D eigenvalue weighted by Crippen LogP contribution is -2.67. The Bertz CT molecular complexity index is 567. The Labute approximate surface area is 119 Å². The first kappa shape index (κ1) is 14.2. The molecule has 0 amide bonds. The Morgan fingerprint density at radius 1 is 1.33 bits per heavy atom. The van der Waals surface area contributed by atoms with Gasteiger partial charge in [-0.25, -0.2) is 0 Å². The summed E-state index contributed by atoms with van der Waals surface area (Å²) in [5.41, 5.74) is 0.449. The van der Waals surface area contributed by atoms with Crippen LogP contribution < -0.4 is 0 Å². The highest BCUT2D eigenvalue weighted by atomic mass is 16.7. The molecular formula is C13H15NO7. The maximum atomic E-state index is 12.3. The Morgan fingerprint density at radius 3 is 2.57 bits per heavy atom. The molecule has 1 saturated carbocycles. The highest BCUT2D eigenvalue weighted by Gasteiger charge is 2.62. The van der Waals surface area contributed by atoms with Gasteiger partial charge in [0, 0.05) is 10.5 Å². The van der Waals surface area contributed by atoms with Crippen molar-refractivity contribution in [3.63, 3.8) is 0 Å². The number of Topliss-reactive ketones (excluding diaryl/α,β-unsaturated/α-hetero) is 1. The van der Waals surface area contributed by atoms with Crippen molar-refractivity contribution in [1.29, 1.82) is 0 Å². The lowest BCUT2D eigenvalue weighted by molar-refractivity contribution is -0.550. The average molecular weight is 297 g/mol. The van der Waals surface area contributed by atoms with Crippen LogP contribution in [0.4, 0.5) is 0 Å². The minimum atomic E-state index is -1.54. The number of nitro groups is 1. The summed E-state index contributed by atoms with van der Waals surface area (Å²) in [5.74, 6) is -2.50. The van der Waals surface area contributed by atoms with Crippen molar-refractivity contribution in [3.05, 3.63) is 34.3 Å². The molecule has 1 saturated heterocycles. The van der Waals surface area contributed by atoms with E-state index in [9.17, 15) is 20.0 Å². The molecule has 0 spiro atoms. The molecule has 2 heterocycles. The van der Waals surface area contributed by atoms with E-state index in [0.717, 1.165) is 0 Å². The van der Waals surface area contributed by atoms with Crippen molar-refractivity contribution in [1.82, 2.24) is 0 Å². The summed E-state index contributed by atoms with van der Waals surface area (Å²) >= 11 is 0. The number of hydrogen-bond acceptors (Lipinski definition) is 7. The number of furan rings is 1. The number of aliphatic hydroxyl groups is 1. The number of carbonyl (C=O) groups excluding carboxylic acids is 1. The molecule has 0 radical (unpaired) electrons. The summed E-state index contributed by atoms with van der Waals surface area (Å²) < 4.78 is 15.9. The van der Waals surface area contributed by atoms with Crippen LogP contribution in [0, 0.1) is 10.1 Å². The lowest BCUT2D eigenvalue weighted by Gasteiger charge is -2.48. The number of aliphatic hydroxyl groups excluding tert-OH is 1. The third-order valence-electron chi connectivity index (χ3n) is 3.91. The van der Waals surface area contributed by atoms with E-state index in [4.69, 9.17) is 13.9 Å². The summed E-state index contributed by atoms with van der Waals surface area (Å²) in [4.78, 5) is 23.1. The molecule has 1 aliphatic heterocycles. The van der Waals surface area contributed by atoms with Crippen LogP contribution in [0.5, 0.6) is 0 Å². The Hall–Kier alpha value is -1.77. The molecule has 5 atom stereocenters. The maximum Gasteiger partial charge on any atom is 0.251 e. The molecular weight excluding hydrogens is 282 g/mol. The topological polar surface area (TPSA) is 112 Å². The molecule has 8 nitrogen and oxygen atoms in total. The summed E-state index contributed by atoms with van der Waals surface area (Å²) in [7, 11) is 0. The van der Waals surface area contributed by atoms with E-state index in [1.807, 2.05) is 0 Å². The molecule has 0 aromatic carbocycles. The van der Waals surface area contributed by atoms with Crippen LogP contribution in [0.1, 0.15) is 25.3 Å². The number of nitrogens with zero attached hydrogens (tertiary/aromatic N) is 1. The minimum absolute atomic E-state index is 0.449. The van der Waals surface area contributed by atoms with E-state index in [0.29, 0.717) is 5.56 Å². The number of fused-ring (bicyclic) bond motifs is 2. The quantitative estimate of drug-likeness (QED) is 0.623. The average Bonchev–Trinajstić information content (AvgIpc) is 2.89.